The summed E-state index contributed by atoms with van der Waals surface area (Å²) >= 11 is 0. The maximum absolute atomic E-state index is 4.91. The van der Waals surface area contributed by atoms with Crippen LogP contribution in [0, 0.1) is 0 Å². The fourth-order valence-corrected chi connectivity index (χ4v) is 4.75. The molecule has 0 amide bonds. The molecule has 0 spiro atoms. The Labute approximate surface area is 204 Å². The summed E-state index contributed by atoms with van der Waals surface area (Å²) in [5.41, 5.74) is 5.36. The first-order chi connectivity index (χ1) is 16.8. The summed E-state index contributed by atoms with van der Waals surface area (Å²) in [6, 6.07) is 8.48. The van der Waals surface area contributed by atoms with Gasteiger partial charge in [0.1, 0.15) is 0 Å². The van der Waals surface area contributed by atoms with E-state index in [-0.39, 0.29) is 0 Å². The Hall–Kier alpha value is -2.90. The number of hydrogen-bond donors (Lipinski definition) is 1. The third-order valence-corrected chi connectivity index (χ3v) is 6.79. The fourth-order valence-electron chi connectivity index (χ4n) is 4.75. The van der Waals surface area contributed by atoms with Gasteiger partial charge in [0.05, 0.1) is 6.21 Å². The minimum Gasteiger partial charge on any atom is -0.372 e. The first kappa shape index (κ1) is 24.2. The lowest BCUT2D eigenvalue weighted by molar-refractivity contribution is 0.726. The van der Waals surface area contributed by atoms with Crippen molar-refractivity contribution < 1.29 is 0 Å². The third kappa shape index (κ3) is 6.58. The van der Waals surface area contributed by atoms with E-state index in [0.717, 1.165) is 56.7 Å². The van der Waals surface area contributed by atoms with Crippen molar-refractivity contribution in [1.82, 2.24) is 15.0 Å². The lowest BCUT2D eigenvalue weighted by atomic mass is 10.2. The second kappa shape index (κ2) is 12.5. The van der Waals surface area contributed by atoms with Crippen LogP contribution in [0.25, 0.3) is 0 Å². The molecule has 0 aliphatic carbocycles. The minimum atomic E-state index is 0.518. The van der Waals surface area contributed by atoms with Gasteiger partial charge in [0.2, 0.25) is 17.8 Å². The molecule has 1 aromatic heterocycles. The fraction of sp³-hybridized carbons (Fsp3) is 0.615. The van der Waals surface area contributed by atoms with Gasteiger partial charge in [-0.3, -0.25) is 0 Å². The molecule has 0 unspecified atom stereocenters. The summed E-state index contributed by atoms with van der Waals surface area (Å²) in [4.78, 5) is 21.4. The maximum atomic E-state index is 4.91. The van der Waals surface area contributed by atoms with E-state index in [2.05, 4.69) is 63.3 Å². The molecule has 2 aromatic rings. The Morgan fingerprint density at radius 2 is 1.26 bits per heavy atom. The Balaban J connectivity index is 1.51. The molecule has 3 heterocycles. The van der Waals surface area contributed by atoms with Gasteiger partial charge < -0.3 is 14.7 Å². The summed E-state index contributed by atoms with van der Waals surface area (Å²) in [6.07, 6.45) is 11.7. The normalized spacial score (nSPS) is 17.5. The van der Waals surface area contributed by atoms with Gasteiger partial charge >= 0.3 is 0 Å². The highest BCUT2D eigenvalue weighted by Crippen LogP contribution is 2.22. The number of nitrogens with zero attached hydrogens (tertiary/aromatic N) is 7. The smallest absolute Gasteiger partial charge is 0.250 e. The van der Waals surface area contributed by atoms with E-state index in [4.69, 9.17) is 15.0 Å². The van der Waals surface area contributed by atoms with Crippen molar-refractivity contribution in [1.29, 1.82) is 0 Å². The lowest BCUT2D eigenvalue weighted by Gasteiger charge is -2.24. The molecular weight excluding hydrogens is 424 g/mol. The molecule has 0 radical (unpaired) electrons. The summed E-state index contributed by atoms with van der Waals surface area (Å²) in [6.45, 7) is 10.4. The Kier molecular flexibility index (Phi) is 8.93. The molecule has 34 heavy (non-hydrogen) atoms. The van der Waals surface area contributed by atoms with Crippen molar-refractivity contribution in [2.75, 3.05) is 59.4 Å². The highest BCUT2D eigenvalue weighted by Gasteiger charge is 2.19. The van der Waals surface area contributed by atoms with Crippen molar-refractivity contribution in [2.24, 2.45) is 5.10 Å². The quantitative estimate of drug-likeness (QED) is 0.439. The molecule has 2 aliphatic rings. The Morgan fingerprint density at radius 3 is 1.74 bits per heavy atom. The van der Waals surface area contributed by atoms with Gasteiger partial charge in [-0.15, -0.1) is 0 Å². The van der Waals surface area contributed by atoms with Crippen LogP contribution in [-0.4, -0.2) is 60.4 Å². The van der Waals surface area contributed by atoms with Gasteiger partial charge in [-0.2, -0.15) is 20.1 Å². The van der Waals surface area contributed by atoms with Crippen LogP contribution in [0.15, 0.2) is 29.4 Å². The average Bonchev–Trinajstić information content (AvgIpc) is 3.32. The van der Waals surface area contributed by atoms with Crippen molar-refractivity contribution in [2.45, 2.75) is 65.2 Å². The molecule has 2 saturated heterocycles. The number of nitrogens with one attached hydrogen (secondary N) is 1. The molecule has 184 valence electrons. The minimum absolute atomic E-state index is 0.518. The van der Waals surface area contributed by atoms with Crippen molar-refractivity contribution in [3.63, 3.8) is 0 Å². The van der Waals surface area contributed by atoms with E-state index in [1.165, 1.54) is 57.1 Å². The molecular formula is C26H40N8. The Morgan fingerprint density at radius 1 is 0.765 bits per heavy atom. The molecule has 0 bridgehead atoms. The van der Waals surface area contributed by atoms with Crippen molar-refractivity contribution >= 4 is 29.7 Å². The number of hydrogen-bond acceptors (Lipinski definition) is 8. The van der Waals surface area contributed by atoms with Crippen LogP contribution in [0.5, 0.6) is 0 Å². The van der Waals surface area contributed by atoms with Crippen LogP contribution in [0.2, 0.25) is 0 Å². The molecule has 0 atom stereocenters. The maximum Gasteiger partial charge on any atom is 0.250 e. The number of rotatable bonds is 8. The zero-order valence-electron chi connectivity index (χ0n) is 20.9. The molecule has 1 aromatic carbocycles. The standard InChI is InChI=1S/C26H40N8/c1-3-32(4-2)23-15-13-22(14-16-23)21-27-31-24-28-25(33-17-9-5-6-10-18-33)30-26(29-24)34-19-11-7-8-12-20-34/h13-16,21H,3-12,17-20H2,1-2H3,(H,28,29,30,31). The Bertz CT molecular complexity index is 855. The van der Waals surface area contributed by atoms with Crippen molar-refractivity contribution in [3.05, 3.63) is 29.8 Å². The third-order valence-electron chi connectivity index (χ3n) is 6.79. The van der Waals surface area contributed by atoms with E-state index in [1.807, 2.05) is 6.21 Å². The topological polar surface area (TPSA) is 72.8 Å². The second-order valence-electron chi connectivity index (χ2n) is 9.20. The summed E-state index contributed by atoms with van der Waals surface area (Å²) < 4.78 is 0. The van der Waals surface area contributed by atoms with Gasteiger partial charge in [-0.25, -0.2) is 5.43 Å². The molecule has 2 fully saturated rings. The average molecular weight is 465 g/mol. The van der Waals surface area contributed by atoms with Gasteiger partial charge in [-0.05, 0) is 57.2 Å². The number of aromatic nitrogens is 3. The van der Waals surface area contributed by atoms with Crippen LogP contribution >= 0.6 is 0 Å². The van der Waals surface area contributed by atoms with Crippen molar-refractivity contribution in [3.8, 4) is 0 Å². The highest BCUT2D eigenvalue weighted by molar-refractivity contribution is 5.80. The molecule has 0 saturated carbocycles. The largest absolute Gasteiger partial charge is 0.372 e. The number of hydrazone groups is 1. The van der Waals surface area contributed by atoms with Crippen LogP contribution in [0.1, 0.15) is 70.8 Å². The zero-order valence-corrected chi connectivity index (χ0v) is 20.9. The predicted molar refractivity (Wildman–Crippen MR) is 142 cm³/mol. The van der Waals surface area contributed by atoms with Crippen LogP contribution in [-0.2, 0) is 0 Å². The van der Waals surface area contributed by atoms with E-state index in [0.29, 0.717) is 5.95 Å². The molecule has 1 N–H and O–H groups in total. The van der Waals surface area contributed by atoms with Crippen LogP contribution in [0.3, 0.4) is 0 Å². The lowest BCUT2D eigenvalue weighted by Crippen LogP contribution is -2.30. The van der Waals surface area contributed by atoms with Crippen LogP contribution in [0.4, 0.5) is 23.5 Å². The monoisotopic (exact) mass is 464 g/mol. The first-order valence-electron chi connectivity index (χ1n) is 13.2. The summed E-state index contributed by atoms with van der Waals surface area (Å²) in [7, 11) is 0. The van der Waals surface area contributed by atoms with Gasteiger partial charge in [0, 0.05) is 45.0 Å². The zero-order chi connectivity index (χ0) is 23.6. The van der Waals surface area contributed by atoms with E-state index < -0.39 is 0 Å². The van der Waals surface area contributed by atoms with Gasteiger partial charge in [0.25, 0.3) is 0 Å². The first-order valence-corrected chi connectivity index (χ1v) is 13.2. The van der Waals surface area contributed by atoms with Gasteiger partial charge in [-0.1, -0.05) is 37.8 Å². The summed E-state index contributed by atoms with van der Waals surface area (Å²) in [5.74, 6) is 2.07. The van der Waals surface area contributed by atoms with E-state index in [9.17, 15) is 0 Å². The number of anilines is 4. The predicted octanol–water partition coefficient (Wildman–Crippen LogP) is 4.92. The van der Waals surface area contributed by atoms with Gasteiger partial charge in [0.15, 0.2) is 0 Å². The highest BCUT2D eigenvalue weighted by atomic mass is 15.4. The summed E-state index contributed by atoms with van der Waals surface area (Å²) in [5, 5.41) is 4.46. The van der Waals surface area contributed by atoms with E-state index >= 15 is 0 Å². The molecule has 4 rings (SSSR count). The van der Waals surface area contributed by atoms with Crippen LogP contribution < -0.4 is 20.1 Å². The second-order valence-corrected chi connectivity index (χ2v) is 9.20. The molecule has 2 aliphatic heterocycles. The molecule has 8 heteroatoms. The SMILES string of the molecule is CCN(CC)c1ccc(C=NNc2nc(N3CCCCCC3)nc(N3CCCCCC3)n2)cc1. The number of benzene rings is 1. The van der Waals surface area contributed by atoms with E-state index in [1.54, 1.807) is 0 Å². The molecule has 8 nitrogen and oxygen atoms in total.